The predicted octanol–water partition coefficient (Wildman–Crippen LogP) is 2.08. The first-order valence-corrected chi connectivity index (χ1v) is 6.55. The quantitative estimate of drug-likeness (QED) is 0.718. The molecule has 0 aliphatic carbocycles. The molecule has 0 aliphatic rings. The first-order chi connectivity index (χ1) is 8.69. The van der Waals surface area contributed by atoms with Crippen molar-refractivity contribution in [1.29, 1.82) is 0 Å². The van der Waals surface area contributed by atoms with E-state index >= 15 is 0 Å². The lowest BCUT2D eigenvalue weighted by Gasteiger charge is -2.20. The molecule has 1 aromatic heterocycles. The first kappa shape index (κ1) is 14.7. The summed E-state index contributed by atoms with van der Waals surface area (Å²) in [6.07, 6.45) is 2.92. The summed E-state index contributed by atoms with van der Waals surface area (Å²) >= 11 is 0. The van der Waals surface area contributed by atoms with Crippen molar-refractivity contribution in [3.05, 3.63) is 11.8 Å². The van der Waals surface area contributed by atoms with Crippen LogP contribution >= 0.6 is 0 Å². The number of rotatable bonds is 8. The molecule has 1 aromatic rings. The smallest absolute Gasteiger partial charge is 0.224 e. The number of likely N-dealkylation sites (N-methyl/N-ethyl adjacent to an activating group) is 1. The minimum atomic E-state index is 0.695. The molecule has 0 amide bonds. The average molecular weight is 252 g/mol. The Morgan fingerprint density at radius 1 is 1.39 bits per heavy atom. The summed E-state index contributed by atoms with van der Waals surface area (Å²) in [4.78, 5) is 10.9. The van der Waals surface area contributed by atoms with Gasteiger partial charge < -0.3 is 15.0 Å². The molecule has 0 saturated carbocycles. The van der Waals surface area contributed by atoms with Gasteiger partial charge in [-0.05, 0) is 20.3 Å². The Labute approximate surface area is 110 Å². The maximum atomic E-state index is 5.36. The summed E-state index contributed by atoms with van der Waals surface area (Å²) in [7, 11) is 2.03. The fourth-order valence-corrected chi connectivity index (χ4v) is 1.59. The zero-order valence-electron chi connectivity index (χ0n) is 11.9. The fourth-order valence-electron chi connectivity index (χ4n) is 1.59. The van der Waals surface area contributed by atoms with Gasteiger partial charge in [0.25, 0.3) is 0 Å². The van der Waals surface area contributed by atoms with E-state index in [-0.39, 0.29) is 0 Å². The van der Waals surface area contributed by atoms with Gasteiger partial charge in [-0.1, -0.05) is 6.92 Å². The molecule has 0 aromatic carbocycles. The van der Waals surface area contributed by atoms with Gasteiger partial charge in [0.15, 0.2) is 0 Å². The fraction of sp³-hybridized carbons (Fsp3) is 0.692. The van der Waals surface area contributed by atoms with Crippen LogP contribution in [-0.2, 0) is 4.74 Å². The molecule has 0 bridgehead atoms. The van der Waals surface area contributed by atoms with Crippen LogP contribution in [0.1, 0.15) is 25.8 Å². The van der Waals surface area contributed by atoms with E-state index < -0.39 is 0 Å². The maximum absolute atomic E-state index is 5.36. The highest BCUT2D eigenvalue weighted by Crippen LogP contribution is 2.16. The molecule has 1 rings (SSSR count). The minimum absolute atomic E-state index is 0.695. The van der Waals surface area contributed by atoms with Crippen LogP contribution < -0.4 is 10.2 Å². The molecule has 0 radical (unpaired) electrons. The third-order valence-corrected chi connectivity index (χ3v) is 2.61. The first-order valence-electron chi connectivity index (χ1n) is 6.55. The Kier molecular flexibility index (Phi) is 6.43. The van der Waals surface area contributed by atoms with E-state index in [2.05, 4.69) is 27.1 Å². The summed E-state index contributed by atoms with van der Waals surface area (Å²) < 4.78 is 5.36. The highest BCUT2D eigenvalue weighted by molar-refractivity contribution is 5.48. The van der Waals surface area contributed by atoms with Crippen LogP contribution in [0.25, 0.3) is 0 Å². The van der Waals surface area contributed by atoms with Gasteiger partial charge in [0.05, 0.1) is 6.61 Å². The van der Waals surface area contributed by atoms with Crippen LogP contribution in [-0.4, -0.2) is 43.3 Å². The van der Waals surface area contributed by atoms with Crippen LogP contribution in [0.15, 0.2) is 6.20 Å². The van der Waals surface area contributed by atoms with Gasteiger partial charge in [0.2, 0.25) is 5.95 Å². The van der Waals surface area contributed by atoms with E-state index in [1.165, 1.54) is 0 Å². The molecule has 5 nitrogen and oxygen atoms in total. The topological polar surface area (TPSA) is 50.3 Å². The molecule has 102 valence electrons. The van der Waals surface area contributed by atoms with Crippen LogP contribution in [0.3, 0.4) is 0 Å². The molecule has 18 heavy (non-hydrogen) atoms. The maximum Gasteiger partial charge on any atom is 0.224 e. The van der Waals surface area contributed by atoms with Crippen molar-refractivity contribution in [2.24, 2.45) is 0 Å². The van der Waals surface area contributed by atoms with Crippen LogP contribution in [0.2, 0.25) is 0 Å². The van der Waals surface area contributed by atoms with E-state index in [1.54, 1.807) is 0 Å². The number of anilines is 2. The lowest BCUT2D eigenvalue weighted by molar-refractivity contribution is 0.154. The van der Waals surface area contributed by atoms with Gasteiger partial charge in [0, 0.05) is 38.5 Å². The standard InChI is InChI=1S/C13H24N4O/c1-5-7-14-13-15-10-11(3)12(16-13)17(4)8-9-18-6-2/h10H,5-9H2,1-4H3,(H,14,15,16). The largest absolute Gasteiger partial charge is 0.380 e. The van der Waals surface area contributed by atoms with Gasteiger partial charge in [-0.2, -0.15) is 4.98 Å². The van der Waals surface area contributed by atoms with E-state index in [0.29, 0.717) is 12.6 Å². The lowest BCUT2D eigenvalue weighted by atomic mass is 10.3. The molecular formula is C13H24N4O. The van der Waals surface area contributed by atoms with Crippen molar-refractivity contribution >= 4 is 11.8 Å². The van der Waals surface area contributed by atoms with Gasteiger partial charge in [-0.25, -0.2) is 4.98 Å². The number of nitrogens with one attached hydrogen (secondary N) is 1. The van der Waals surface area contributed by atoms with Crippen LogP contribution in [0.4, 0.5) is 11.8 Å². The number of aryl methyl sites for hydroxylation is 1. The van der Waals surface area contributed by atoms with E-state index in [9.17, 15) is 0 Å². The number of ether oxygens (including phenoxy) is 1. The minimum Gasteiger partial charge on any atom is -0.380 e. The van der Waals surface area contributed by atoms with Gasteiger partial charge in [0.1, 0.15) is 5.82 Å². The molecule has 5 heteroatoms. The molecule has 0 spiro atoms. The van der Waals surface area contributed by atoms with Crippen LogP contribution in [0, 0.1) is 6.92 Å². The monoisotopic (exact) mass is 252 g/mol. The van der Waals surface area contributed by atoms with Crippen molar-refractivity contribution in [3.63, 3.8) is 0 Å². The second-order valence-corrected chi connectivity index (χ2v) is 4.25. The zero-order chi connectivity index (χ0) is 13.4. The van der Waals surface area contributed by atoms with Crippen LogP contribution in [0.5, 0.6) is 0 Å². The van der Waals surface area contributed by atoms with E-state index in [0.717, 1.165) is 37.5 Å². The third kappa shape index (κ3) is 4.49. The van der Waals surface area contributed by atoms with Gasteiger partial charge in [-0.15, -0.1) is 0 Å². The second-order valence-electron chi connectivity index (χ2n) is 4.25. The molecule has 1 N–H and O–H groups in total. The van der Waals surface area contributed by atoms with Crippen molar-refractivity contribution < 1.29 is 4.74 Å². The predicted molar refractivity (Wildman–Crippen MR) is 75.3 cm³/mol. The van der Waals surface area contributed by atoms with Crippen molar-refractivity contribution in [1.82, 2.24) is 9.97 Å². The molecule has 0 fully saturated rings. The Morgan fingerprint density at radius 2 is 2.17 bits per heavy atom. The highest BCUT2D eigenvalue weighted by Gasteiger charge is 2.08. The Morgan fingerprint density at radius 3 is 2.83 bits per heavy atom. The number of hydrogen-bond donors (Lipinski definition) is 1. The second kappa shape index (κ2) is 7.87. The third-order valence-electron chi connectivity index (χ3n) is 2.61. The molecule has 0 aliphatic heterocycles. The van der Waals surface area contributed by atoms with Crippen molar-refractivity contribution in [2.75, 3.05) is 43.6 Å². The summed E-state index contributed by atoms with van der Waals surface area (Å²) in [6, 6.07) is 0. The van der Waals surface area contributed by atoms with E-state index in [4.69, 9.17) is 4.74 Å². The number of hydrogen-bond acceptors (Lipinski definition) is 5. The number of nitrogens with zero attached hydrogens (tertiary/aromatic N) is 3. The van der Waals surface area contributed by atoms with E-state index in [1.807, 2.05) is 27.1 Å². The summed E-state index contributed by atoms with van der Waals surface area (Å²) in [5.41, 5.74) is 1.08. The summed E-state index contributed by atoms with van der Waals surface area (Å²) in [5.74, 6) is 1.66. The molecule has 0 unspecified atom stereocenters. The summed E-state index contributed by atoms with van der Waals surface area (Å²) in [5, 5.41) is 3.20. The van der Waals surface area contributed by atoms with Gasteiger partial charge >= 0.3 is 0 Å². The van der Waals surface area contributed by atoms with Crippen molar-refractivity contribution in [2.45, 2.75) is 27.2 Å². The average Bonchev–Trinajstić information content (AvgIpc) is 2.38. The Bertz CT molecular complexity index is 357. The Hall–Kier alpha value is -1.36. The van der Waals surface area contributed by atoms with Crippen molar-refractivity contribution in [3.8, 4) is 0 Å². The zero-order valence-corrected chi connectivity index (χ0v) is 11.9. The van der Waals surface area contributed by atoms with Gasteiger partial charge in [-0.3, -0.25) is 0 Å². The molecule has 1 heterocycles. The molecule has 0 atom stereocenters. The normalized spacial score (nSPS) is 10.4. The highest BCUT2D eigenvalue weighted by atomic mass is 16.5. The Balaban J connectivity index is 2.66. The SMILES string of the molecule is CCCNc1ncc(C)c(N(C)CCOCC)n1. The summed E-state index contributed by atoms with van der Waals surface area (Å²) in [6.45, 7) is 9.34. The lowest BCUT2D eigenvalue weighted by Crippen LogP contribution is -2.25. The molecular weight excluding hydrogens is 228 g/mol. The molecule has 0 saturated heterocycles. The number of aromatic nitrogens is 2.